The summed E-state index contributed by atoms with van der Waals surface area (Å²) >= 11 is 5.30. The molecule has 0 fully saturated rings. The van der Waals surface area contributed by atoms with Crippen molar-refractivity contribution in [3.05, 3.63) is 31.9 Å². The summed E-state index contributed by atoms with van der Waals surface area (Å²) in [6.45, 7) is 3.43. The molecule has 9 heteroatoms. The molecule has 0 aliphatic rings. The second-order valence-corrected chi connectivity index (χ2v) is 9.39. The van der Waals surface area contributed by atoms with E-state index in [2.05, 4.69) is 20.7 Å². The number of carboxylic acids is 1. The molecule has 2 rings (SSSR count). The van der Waals surface area contributed by atoms with Crippen LogP contribution in [0.5, 0.6) is 0 Å². The molecule has 0 saturated heterocycles. The van der Waals surface area contributed by atoms with Gasteiger partial charge in [0.15, 0.2) is 0 Å². The van der Waals surface area contributed by atoms with Crippen molar-refractivity contribution in [2.45, 2.75) is 18.1 Å². The van der Waals surface area contributed by atoms with E-state index in [-0.39, 0.29) is 9.09 Å². The van der Waals surface area contributed by atoms with Gasteiger partial charge in [-0.15, -0.1) is 22.7 Å². The van der Waals surface area contributed by atoms with Crippen LogP contribution < -0.4 is 4.72 Å². The molecule has 2 heterocycles. The second kappa shape index (κ2) is 5.47. The van der Waals surface area contributed by atoms with Crippen molar-refractivity contribution in [3.63, 3.8) is 0 Å². The van der Waals surface area contributed by atoms with Gasteiger partial charge >= 0.3 is 5.97 Å². The molecule has 5 nitrogen and oxygen atoms in total. The maximum Gasteiger partial charge on any atom is 0.346 e. The van der Waals surface area contributed by atoms with E-state index in [1.165, 1.54) is 6.07 Å². The van der Waals surface area contributed by atoms with Gasteiger partial charge in [0.1, 0.15) is 14.1 Å². The number of hydrogen-bond acceptors (Lipinski definition) is 5. The normalized spacial score (nSPS) is 11.6. The quantitative estimate of drug-likeness (QED) is 0.826. The Kier molecular flexibility index (Phi) is 4.24. The predicted octanol–water partition coefficient (Wildman–Crippen LogP) is 3.69. The van der Waals surface area contributed by atoms with E-state index in [9.17, 15) is 13.2 Å². The number of anilines is 1. The first-order chi connectivity index (χ1) is 9.20. The van der Waals surface area contributed by atoms with Gasteiger partial charge in [0.05, 0.1) is 3.79 Å². The summed E-state index contributed by atoms with van der Waals surface area (Å²) in [5, 5.41) is 9.26. The zero-order chi connectivity index (χ0) is 15.1. The molecule has 0 saturated carbocycles. The number of rotatable bonds is 4. The summed E-state index contributed by atoms with van der Waals surface area (Å²) in [6.07, 6.45) is 0. The van der Waals surface area contributed by atoms with E-state index >= 15 is 0 Å². The van der Waals surface area contributed by atoms with E-state index in [0.29, 0.717) is 10.6 Å². The fraction of sp³-hybridized carbons (Fsp3) is 0.182. The van der Waals surface area contributed by atoms with Gasteiger partial charge in [-0.05, 0) is 53.0 Å². The van der Waals surface area contributed by atoms with Crippen LogP contribution in [0, 0.1) is 13.8 Å². The van der Waals surface area contributed by atoms with Gasteiger partial charge in [0.25, 0.3) is 10.0 Å². The smallest absolute Gasteiger partial charge is 0.346 e. The van der Waals surface area contributed by atoms with Crippen LogP contribution in [0.25, 0.3) is 0 Å². The number of halogens is 1. The highest BCUT2D eigenvalue weighted by atomic mass is 79.9. The summed E-state index contributed by atoms with van der Waals surface area (Å²) in [5.41, 5.74) is 1.37. The van der Waals surface area contributed by atoms with Crippen LogP contribution in [0.15, 0.2) is 20.1 Å². The van der Waals surface area contributed by atoms with Gasteiger partial charge in [-0.1, -0.05) is 0 Å². The maximum atomic E-state index is 12.2. The lowest BCUT2D eigenvalue weighted by Crippen LogP contribution is -2.10. The van der Waals surface area contributed by atoms with Crippen LogP contribution in [0.3, 0.4) is 0 Å². The molecule has 0 amide bonds. The molecule has 2 aromatic rings. The lowest BCUT2D eigenvalue weighted by Gasteiger charge is -2.02. The first-order valence-corrected chi connectivity index (χ1v) is 9.24. The van der Waals surface area contributed by atoms with Gasteiger partial charge in [0.2, 0.25) is 0 Å². The van der Waals surface area contributed by atoms with E-state index < -0.39 is 16.0 Å². The van der Waals surface area contributed by atoms with Crippen molar-refractivity contribution in [3.8, 4) is 0 Å². The van der Waals surface area contributed by atoms with Crippen LogP contribution in [0.4, 0.5) is 5.00 Å². The number of hydrogen-bond donors (Lipinski definition) is 2. The average molecular weight is 396 g/mol. The minimum Gasteiger partial charge on any atom is -0.477 e. The first kappa shape index (κ1) is 15.5. The second-order valence-electron chi connectivity index (χ2n) is 4.06. The van der Waals surface area contributed by atoms with Gasteiger partial charge in [-0.25, -0.2) is 13.2 Å². The molecule has 0 aromatic carbocycles. The number of thiophene rings is 2. The van der Waals surface area contributed by atoms with Crippen LogP contribution in [0.2, 0.25) is 0 Å². The monoisotopic (exact) mass is 395 g/mol. The third-order valence-electron chi connectivity index (χ3n) is 2.45. The summed E-state index contributed by atoms with van der Waals surface area (Å²) in [4.78, 5) is 11.1. The zero-order valence-electron chi connectivity index (χ0n) is 10.4. The number of nitrogens with one attached hydrogen (secondary N) is 1. The fourth-order valence-electron chi connectivity index (χ4n) is 1.49. The third-order valence-corrected chi connectivity index (χ3v) is 7.69. The standard InChI is InChI=1S/C11H10BrNO4S3/c1-5-3-7(18-9(5)11(14)15)13-20(16,17)8-4-6(2)10(12)19-8/h3-4,13H,1-2H3,(H,14,15). The molecule has 20 heavy (non-hydrogen) atoms. The Morgan fingerprint density at radius 2 is 1.90 bits per heavy atom. The topological polar surface area (TPSA) is 83.5 Å². The Bertz CT molecular complexity index is 756. The summed E-state index contributed by atoms with van der Waals surface area (Å²) < 4.78 is 27.7. The Morgan fingerprint density at radius 1 is 1.25 bits per heavy atom. The van der Waals surface area contributed by atoms with Crippen molar-refractivity contribution in [1.29, 1.82) is 0 Å². The van der Waals surface area contributed by atoms with Crippen LogP contribution in [0.1, 0.15) is 20.8 Å². The molecule has 0 bridgehead atoms. The van der Waals surface area contributed by atoms with Crippen molar-refractivity contribution in [2.24, 2.45) is 0 Å². The summed E-state index contributed by atoms with van der Waals surface area (Å²) in [6, 6.07) is 3.08. The van der Waals surface area contributed by atoms with E-state index in [1.54, 1.807) is 19.9 Å². The van der Waals surface area contributed by atoms with Crippen molar-refractivity contribution in [1.82, 2.24) is 0 Å². The van der Waals surface area contributed by atoms with Crippen LogP contribution >= 0.6 is 38.6 Å². The Labute approximate surface area is 132 Å². The fourth-order valence-corrected chi connectivity index (χ4v) is 5.91. The van der Waals surface area contributed by atoms with Crippen LogP contribution in [-0.4, -0.2) is 19.5 Å². The molecule has 108 valence electrons. The first-order valence-electron chi connectivity index (χ1n) is 5.33. The lowest BCUT2D eigenvalue weighted by atomic mass is 10.3. The largest absolute Gasteiger partial charge is 0.477 e. The van der Waals surface area contributed by atoms with Crippen LogP contribution in [-0.2, 0) is 10.0 Å². The Morgan fingerprint density at radius 3 is 2.35 bits per heavy atom. The van der Waals surface area contributed by atoms with E-state index in [1.807, 2.05) is 0 Å². The summed E-state index contributed by atoms with van der Waals surface area (Å²) in [5.74, 6) is -1.06. The molecular formula is C11H10BrNO4S3. The van der Waals surface area contributed by atoms with Crippen molar-refractivity contribution >= 4 is 59.6 Å². The van der Waals surface area contributed by atoms with E-state index in [0.717, 1.165) is 32.0 Å². The summed E-state index contributed by atoms with van der Waals surface area (Å²) in [7, 11) is -3.69. The Hall–Kier alpha value is -0.900. The minimum atomic E-state index is -3.69. The highest BCUT2D eigenvalue weighted by Gasteiger charge is 2.21. The molecule has 2 aromatic heterocycles. The molecule has 0 aliphatic carbocycles. The predicted molar refractivity (Wildman–Crippen MR) is 83.6 cm³/mol. The van der Waals surface area contributed by atoms with Crippen molar-refractivity contribution in [2.75, 3.05) is 4.72 Å². The molecule has 0 radical (unpaired) electrons. The molecule has 0 unspecified atom stereocenters. The van der Waals surface area contributed by atoms with Gasteiger partial charge in [0, 0.05) is 0 Å². The number of sulfonamides is 1. The average Bonchev–Trinajstić information content (AvgIpc) is 2.83. The van der Waals surface area contributed by atoms with Gasteiger partial charge in [-0.3, -0.25) is 4.72 Å². The Balaban J connectivity index is 2.33. The van der Waals surface area contributed by atoms with Gasteiger partial charge in [-0.2, -0.15) is 0 Å². The molecule has 2 N–H and O–H groups in total. The van der Waals surface area contributed by atoms with Gasteiger partial charge < -0.3 is 5.11 Å². The third kappa shape index (κ3) is 3.05. The molecule has 0 atom stereocenters. The number of aromatic carboxylic acids is 1. The lowest BCUT2D eigenvalue weighted by molar-refractivity contribution is 0.0701. The number of carboxylic acid groups (broad SMARTS) is 1. The zero-order valence-corrected chi connectivity index (χ0v) is 14.5. The SMILES string of the molecule is Cc1cc(S(=O)(=O)Nc2cc(C)c(C(=O)O)s2)sc1Br. The highest BCUT2D eigenvalue weighted by Crippen LogP contribution is 2.33. The molecule has 0 spiro atoms. The number of aryl methyl sites for hydroxylation is 2. The minimum absolute atomic E-state index is 0.131. The number of carbonyl (C=O) groups is 1. The molecular weight excluding hydrogens is 386 g/mol. The van der Waals surface area contributed by atoms with E-state index in [4.69, 9.17) is 5.11 Å². The highest BCUT2D eigenvalue weighted by molar-refractivity contribution is 9.11. The maximum absolute atomic E-state index is 12.2. The van der Waals surface area contributed by atoms with Crippen molar-refractivity contribution < 1.29 is 18.3 Å². The molecule has 0 aliphatic heterocycles.